The minimum absolute atomic E-state index is 0.245. The lowest BCUT2D eigenvalue weighted by Gasteiger charge is -2.18. The van der Waals surface area contributed by atoms with E-state index in [4.69, 9.17) is 14.2 Å². The van der Waals surface area contributed by atoms with Crippen LogP contribution < -0.4 is 9.47 Å². The molecule has 0 radical (unpaired) electrons. The first-order chi connectivity index (χ1) is 15.7. The monoisotopic (exact) mass is 428 g/mol. The van der Waals surface area contributed by atoms with Crippen LogP contribution >= 0.6 is 0 Å². The highest BCUT2D eigenvalue weighted by molar-refractivity contribution is 5.93. The zero-order valence-electron chi connectivity index (χ0n) is 18.5. The molecule has 3 aromatic carbocycles. The van der Waals surface area contributed by atoms with E-state index in [-0.39, 0.29) is 12.1 Å². The van der Waals surface area contributed by atoms with Gasteiger partial charge >= 0.3 is 5.97 Å². The van der Waals surface area contributed by atoms with Gasteiger partial charge in [-0.25, -0.2) is 4.79 Å². The van der Waals surface area contributed by atoms with Gasteiger partial charge in [0, 0.05) is 0 Å². The molecule has 164 valence electrons. The Kier molecular flexibility index (Phi) is 6.90. The number of rotatable bonds is 7. The molecule has 0 spiro atoms. The molecular weight excluding hydrogens is 400 g/mol. The average Bonchev–Trinajstić information content (AvgIpc) is 3.36. The Morgan fingerprint density at radius 1 is 0.812 bits per heavy atom. The van der Waals surface area contributed by atoms with Crippen molar-refractivity contribution < 1.29 is 19.0 Å². The van der Waals surface area contributed by atoms with Gasteiger partial charge in [-0.15, -0.1) is 0 Å². The summed E-state index contributed by atoms with van der Waals surface area (Å²) in [7, 11) is 3.06. The molecule has 4 heteroatoms. The van der Waals surface area contributed by atoms with Crippen LogP contribution in [0, 0.1) is 0 Å². The summed E-state index contributed by atoms with van der Waals surface area (Å²) in [6.45, 7) is 0. The Balaban J connectivity index is 1.74. The summed E-state index contributed by atoms with van der Waals surface area (Å²) in [4.78, 5) is 11.8. The Labute approximate surface area is 189 Å². The average molecular weight is 429 g/mol. The van der Waals surface area contributed by atoms with Gasteiger partial charge in [-0.2, -0.15) is 0 Å². The molecule has 1 aliphatic carbocycles. The minimum atomic E-state index is -0.340. The number of hydrogen-bond donors (Lipinski definition) is 0. The molecule has 0 unspecified atom stereocenters. The van der Waals surface area contributed by atoms with Crippen LogP contribution in [0.25, 0.3) is 11.6 Å². The quantitative estimate of drug-likeness (QED) is 0.323. The van der Waals surface area contributed by atoms with E-state index in [1.165, 1.54) is 20.0 Å². The van der Waals surface area contributed by atoms with Crippen LogP contribution in [-0.2, 0) is 4.74 Å². The standard InChI is InChI=1S/C28H28O4/c1-30-26-17-16-23(19-27(26)32-24-10-6-7-11-24)25(21-8-4-3-5-9-21)18-20-12-14-22(15-13-20)28(29)31-2/h3-5,8-9,12-19,24H,6-7,10-11H2,1-2H3. The van der Waals surface area contributed by atoms with E-state index in [9.17, 15) is 4.79 Å². The largest absolute Gasteiger partial charge is 0.493 e. The van der Waals surface area contributed by atoms with E-state index in [0.29, 0.717) is 5.56 Å². The molecule has 0 saturated heterocycles. The SMILES string of the molecule is COC(=O)c1ccc(C=C(c2ccccc2)c2ccc(OC)c(OC3CCCC3)c2)cc1. The van der Waals surface area contributed by atoms with Crippen molar-refractivity contribution in [1.82, 2.24) is 0 Å². The maximum atomic E-state index is 11.8. The molecule has 0 heterocycles. The van der Waals surface area contributed by atoms with Crippen molar-refractivity contribution in [1.29, 1.82) is 0 Å². The second-order valence-electron chi connectivity index (χ2n) is 7.93. The van der Waals surface area contributed by atoms with Crippen LogP contribution in [-0.4, -0.2) is 26.3 Å². The van der Waals surface area contributed by atoms with Crippen LogP contribution in [0.5, 0.6) is 11.5 Å². The first-order valence-electron chi connectivity index (χ1n) is 11.0. The van der Waals surface area contributed by atoms with Gasteiger partial charge in [-0.1, -0.05) is 48.5 Å². The number of esters is 1. The highest BCUT2D eigenvalue weighted by Gasteiger charge is 2.19. The van der Waals surface area contributed by atoms with Crippen LogP contribution in [0.1, 0.15) is 52.7 Å². The third kappa shape index (κ3) is 5.02. The molecule has 0 N–H and O–H groups in total. The number of carbonyl (C=O) groups is 1. The zero-order chi connectivity index (χ0) is 22.3. The van der Waals surface area contributed by atoms with E-state index in [1.54, 1.807) is 19.2 Å². The molecule has 4 rings (SSSR count). The lowest BCUT2D eigenvalue weighted by atomic mass is 9.95. The van der Waals surface area contributed by atoms with E-state index in [1.807, 2.05) is 36.4 Å². The van der Waals surface area contributed by atoms with Crippen molar-refractivity contribution in [3.8, 4) is 11.5 Å². The second kappa shape index (κ2) is 10.2. The molecule has 0 amide bonds. The smallest absolute Gasteiger partial charge is 0.337 e. The molecule has 4 nitrogen and oxygen atoms in total. The predicted molar refractivity (Wildman–Crippen MR) is 127 cm³/mol. The normalized spacial score (nSPS) is 14.2. The van der Waals surface area contributed by atoms with Crippen LogP contribution in [0.2, 0.25) is 0 Å². The number of benzene rings is 3. The van der Waals surface area contributed by atoms with Gasteiger partial charge in [-0.3, -0.25) is 0 Å². The number of ether oxygens (including phenoxy) is 3. The topological polar surface area (TPSA) is 44.8 Å². The fraction of sp³-hybridized carbons (Fsp3) is 0.250. The molecule has 1 aliphatic rings. The fourth-order valence-electron chi connectivity index (χ4n) is 4.07. The number of hydrogen-bond acceptors (Lipinski definition) is 4. The summed E-state index contributed by atoms with van der Waals surface area (Å²) in [6, 6.07) is 23.8. The zero-order valence-corrected chi connectivity index (χ0v) is 18.5. The van der Waals surface area contributed by atoms with Gasteiger partial charge in [0.15, 0.2) is 11.5 Å². The van der Waals surface area contributed by atoms with Gasteiger partial charge in [0.05, 0.1) is 25.9 Å². The lowest BCUT2D eigenvalue weighted by Crippen LogP contribution is -2.11. The Bertz CT molecular complexity index is 1080. The Hall–Kier alpha value is -3.53. The summed E-state index contributed by atoms with van der Waals surface area (Å²) < 4.78 is 16.7. The predicted octanol–water partition coefficient (Wildman–Crippen LogP) is 6.39. The molecule has 0 aliphatic heterocycles. The van der Waals surface area contributed by atoms with Gasteiger partial charge in [0.2, 0.25) is 0 Å². The van der Waals surface area contributed by atoms with Crippen molar-refractivity contribution in [2.24, 2.45) is 0 Å². The fourth-order valence-corrected chi connectivity index (χ4v) is 4.07. The van der Waals surface area contributed by atoms with Gasteiger partial charge in [-0.05, 0) is 78.3 Å². The number of carbonyl (C=O) groups excluding carboxylic acids is 1. The number of methoxy groups -OCH3 is 2. The van der Waals surface area contributed by atoms with E-state index in [0.717, 1.165) is 46.6 Å². The van der Waals surface area contributed by atoms with Crippen molar-refractivity contribution in [2.75, 3.05) is 14.2 Å². The summed E-state index contributed by atoms with van der Waals surface area (Å²) >= 11 is 0. The van der Waals surface area contributed by atoms with E-state index < -0.39 is 0 Å². The van der Waals surface area contributed by atoms with Crippen molar-refractivity contribution in [3.05, 3.63) is 95.1 Å². The van der Waals surface area contributed by atoms with Gasteiger partial charge in [0.1, 0.15) is 0 Å². The van der Waals surface area contributed by atoms with Gasteiger partial charge in [0.25, 0.3) is 0 Å². The summed E-state index contributed by atoms with van der Waals surface area (Å²) in [5.74, 6) is 1.18. The van der Waals surface area contributed by atoms with Crippen molar-refractivity contribution >= 4 is 17.6 Å². The Morgan fingerprint density at radius 2 is 1.50 bits per heavy atom. The van der Waals surface area contributed by atoms with Crippen LogP contribution in [0.15, 0.2) is 72.8 Å². The van der Waals surface area contributed by atoms with Gasteiger partial charge < -0.3 is 14.2 Å². The lowest BCUT2D eigenvalue weighted by molar-refractivity contribution is 0.0600. The van der Waals surface area contributed by atoms with E-state index >= 15 is 0 Å². The molecule has 0 atom stereocenters. The summed E-state index contributed by atoms with van der Waals surface area (Å²) in [5, 5.41) is 0. The van der Waals surface area contributed by atoms with E-state index in [2.05, 4.69) is 30.3 Å². The van der Waals surface area contributed by atoms with Crippen LogP contribution in [0.3, 0.4) is 0 Å². The Morgan fingerprint density at radius 3 is 2.16 bits per heavy atom. The second-order valence-corrected chi connectivity index (χ2v) is 7.93. The third-order valence-electron chi connectivity index (χ3n) is 5.80. The molecule has 0 aromatic heterocycles. The van der Waals surface area contributed by atoms with Crippen LogP contribution in [0.4, 0.5) is 0 Å². The maximum absolute atomic E-state index is 11.8. The molecule has 32 heavy (non-hydrogen) atoms. The first kappa shape index (κ1) is 21.7. The van der Waals surface area contributed by atoms with Crippen molar-refractivity contribution in [3.63, 3.8) is 0 Å². The highest BCUT2D eigenvalue weighted by atomic mass is 16.5. The third-order valence-corrected chi connectivity index (χ3v) is 5.80. The highest BCUT2D eigenvalue weighted by Crippen LogP contribution is 2.36. The molecular formula is C28H28O4. The summed E-state index contributed by atoms with van der Waals surface area (Å²) in [5.41, 5.74) is 4.73. The molecule has 1 fully saturated rings. The summed E-state index contributed by atoms with van der Waals surface area (Å²) in [6.07, 6.45) is 6.96. The maximum Gasteiger partial charge on any atom is 0.337 e. The molecule has 0 bridgehead atoms. The molecule has 3 aromatic rings. The van der Waals surface area contributed by atoms with Crippen molar-refractivity contribution in [2.45, 2.75) is 31.8 Å². The molecule has 1 saturated carbocycles. The first-order valence-corrected chi connectivity index (χ1v) is 11.0. The minimum Gasteiger partial charge on any atom is -0.493 e.